The van der Waals surface area contributed by atoms with Gasteiger partial charge in [0.05, 0.1) is 10.7 Å². The molecule has 2 rings (SSSR count). The highest BCUT2D eigenvalue weighted by Gasteiger charge is 2.19. The predicted octanol–water partition coefficient (Wildman–Crippen LogP) is 4.05. The summed E-state index contributed by atoms with van der Waals surface area (Å²) in [6, 6.07) is 4.85. The molecule has 0 aliphatic heterocycles. The Balaban J connectivity index is 2.55. The lowest BCUT2D eigenvalue weighted by atomic mass is 10.1. The van der Waals surface area contributed by atoms with Gasteiger partial charge in [-0.2, -0.15) is 0 Å². The lowest BCUT2D eigenvalue weighted by molar-refractivity contribution is 0.105. The van der Waals surface area contributed by atoms with Crippen molar-refractivity contribution >= 4 is 34.7 Å². The number of hydrogen-bond acceptors (Lipinski definition) is 3. The van der Waals surface area contributed by atoms with E-state index in [1.54, 1.807) is 29.0 Å². The van der Waals surface area contributed by atoms with Gasteiger partial charge < -0.3 is 4.90 Å². The number of aromatic nitrogens is 2. The number of nitrogens with zero attached hydrogens (tertiary/aromatic N) is 3. The van der Waals surface area contributed by atoms with Crippen molar-refractivity contribution in [3.63, 3.8) is 0 Å². The largest absolute Gasteiger partial charge is 0.382 e. The zero-order valence-electron chi connectivity index (χ0n) is 12.9. The number of ketones is 1. The number of imidazole rings is 1. The van der Waals surface area contributed by atoms with Crippen LogP contribution >= 0.6 is 23.2 Å². The van der Waals surface area contributed by atoms with Gasteiger partial charge >= 0.3 is 0 Å². The molecule has 1 aromatic carbocycles. The maximum atomic E-state index is 12.9. The minimum absolute atomic E-state index is 0.184. The molecule has 6 heteroatoms. The van der Waals surface area contributed by atoms with Gasteiger partial charge in [0.15, 0.2) is 0 Å². The third-order valence-corrected chi connectivity index (χ3v) is 3.60. The van der Waals surface area contributed by atoms with Crippen molar-refractivity contribution < 1.29 is 4.79 Å². The minimum Gasteiger partial charge on any atom is -0.382 e. The Morgan fingerprint density at radius 3 is 2.45 bits per heavy atom. The van der Waals surface area contributed by atoms with Gasteiger partial charge in [0.25, 0.3) is 0 Å². The molecule has 0 spiro atoms. The molecule has 0 aliphatic carbocycles. The average molecular weight is 338 g/mol. The maximum absolute atomic E-state index is 12.9. The number of allylic oxidation sites excluding steroid dienone is 1. The lowest BCUT2D eigenvalue weighted by Crippen LogP contribution is -2.15. The SMILES string of the molecule is Cc1cn(C(=CN(C)C)C(=O)c2ccc(Cl)cc2Cl)c(C)n1. The zero-order valence-corrected chi connectivity index (χ0v) is 14.4. The molecule has 1 aromatic heterocycles. The van der Waals surface area contributed by atoms with Gasteiger partial charge in [-0.3, -0.25) is 9.36 Å². The molecule has 22 heavy (non-hydrogen) atoms. The van der Waals surface area contributed by atoms with Crippen LogP contribution in [0.5, 0.6) is 0 Å². The van der Waals surface area contributed by atoms with Crippen LogP contribution in [0.2, 0.25) is 10.0 Å². The molecule has 0 N–H and O–H groups in total. The summed E-state index contributed by atoms with van der Waals surface area (Å²) in [6.45, 7) is 3.74. The quantitative estimate of drug-likeness (QED) is 0.624. The van der Waals surface area contributed by atoms with Crippen LogP contribution in [-0.4, -0.2) is 34.3 Å². The van der Waals surface area contributed by atoms with E-state index >= 15 is 0 Å². The van der Waals surface area contributed by atoms with E-state index in [1.165, 1.54) is 0 Å². The van der Waals surface area contributed by atoms with Crippen LogP contribution in [-0.2, 0) is 0 Å². The predicted molar refractivity (Wildman–Crippen MR) is 90.5 cm³/mol. The second-order valence-electron chi connectivity index (χ2n) is 5.23. The van der Waals surface area contributed by atoms with E-state index in [2.05, 4.69) is 4.98 Å². The average Bonchev–Trinajstić information content (AvgIpc) is 2.74. The van der Waals surface area contributed by atoms with Crippen molar-refractivity contribution in [2.45, 2.75) is 13.8 Å². The molecule has 0 atom stereocenters. The van der Waals surface area contributed by atoms with Crippen LogP contribution in [0.25, 0.3) is 5.70 Å². The third kappa shape index (κ3) is 3.51. The van der Waals surface area contributed by atoms with Crippen molar-refractivity contribution in [3.8, 4) is 0 Å². The number of halogens is 2. The zero-order chi connectivity index (χ0) is 16.4. The number of carbonyl (C=O) groups is 1. The van der Waals surface area contributed by atoms with Gasteiger partial charge in [-0.05, 0) is 32.0 Å². The van der Waals surface area contributed by atoms with Gasteiger partial charge in [0.2, 0.25) is 5.78 Å². The Labute approximate surface area is 140 Å². The first-order valence-electron chi connectivity index (χ1n) is 6.70. The second-order valence-corrected chi connectivity index (χ2v) is 6.07. The molecule has 0 amide bonds. The molecular formula is C16H17Cl2N3O. The summed E-state index contributed by atoms with van der Waals surface area (Å²) >= 11 is 12.1. The van der Waals surface area contributed by atoms with Crippen LogP contribution in [0.3, 0.4) is 0 Å². The molecule has 0 saturated heterocycles. The molecule has 116 valence electrons. The van der Waals surface area contributed by atoms with Gasteiger partial charge in [-0.1, -0.05) is 23.2 Å². The van der Waals surface area contributed by atoms with E-state index in [1.807, 2.05) is 39.0 Å². The molecule has 4 nitrogen and oxygen atoms in total. The van der Waals surface area contributed by atoms with Crippen molar-refractivity contribution in [1.29, 1.82) is 0 Å². The topological polar surface area (TPSA) is 38.1 Å². The first-order chi connectivity index (χ1) is 10.3. The number of benzene rings is 1. The molecule has 0 unspecified atom stereocenters. The first-order valence-corrected chi connectivity index (χ1v) is 7.46. The molecule has 0 bridgehead atoms. The number of aryl methyl sites for hydroxylation is 2. The molecular weight excluding hydrogens is 321 g/mol. The van der Waals surface area contributed by atoms with Gasteiger partial charge in [-0.15, -0.1) is 0 Å². The smallest absolute Gasteiger partial charge is 0.212 e. The standard InChI is InChI=1S/C16H17Cl2N3O/c1-10-8-21(11(2)19-10)15(9-20(3)4)16(22)13-6-5-12(17)7-14(13)18/h5-9H,1-4H3. The minimum atomic E-state index is -0.184. The summed E-state index contributed by atoms with van der Waals surface area (Å²) in [5, 5.41) is 0.825. The van der Waals surface area contributed by atoms with Crippen LogP contribution in [0.15, 0.2) is 30.6 Å². The van der Waals surface area contributed by atoms with Gasteiger partial charge in [0.1, 0.15) is 11.5 Å². The fraction of sp³-hybridized carbons (Fsp3) is 0.250. The van der Waals surface area contributed by atoms with E-state index in [-0.39, 0.29) is 5.78 Å². The van der Waals surface area contributed by atoms with Crippen molar-refractivity contribution in [3.05, 3.63) is 57.7 Å². The van der Waals surface area contributed by atoms with E-state index in [4.69, 9.17) is 23.2 Å². The molecule has 0 saturated carbocycles. The Morgan fingerprint density at radius 1 is 1.27 bits per heavy atom. The summed E-state index contributed by atoms with van der Waals surface area (Å²) in [6.07, 6.45) is 3.58. The number of hydrogen-bond donors (Lipinski definition) is 0. The first kappa shape index (κ1) is 16.6. The van der Waals surface area contributed by atoms with Crippen LogP contribution in [0.4, 0.5) is 0 Å². The number of carbonyl (C=O) groups excluding carboxylic acids is 1. The van der Waals surface area contributed by atoms with Crippen LogP contribution in [0.1, 0.15) is 21.9 Å². The fourth-order valence-corrected chi connectivity index (χ4v) is 2.64. The van der Waals surface area contributed by atoms with Crippen molar-refractivity contribution in [2.24, 2.45) is 0 Å². The normalized spacial score (nSPS) is 11.6. The second kappa shape index (κ2) is 6.55. The number of rotatable bonds is 4. The molecule has 2 aromatic rings. The molecule has 0 aliphatic rings. The monoisotopic (exact) mass is 337 g/mol. The molecule has 0 radical (unpaired) electrons. The molecule has 0 fully saturated rings. The van der Waals surface area contributed by atoms with E-state index in [0.29, 0.717) is 21.3 Å². The summed E-state index contributed by atoms with van der Waals surface area (Å²) in [7, 11) is 3.71. The van der Waals surface area contributed by atoms with Gasteiger partial charge in [0, 0.05) is 37.1 Å². The van der Waals surface area contributed by atoms with Crippen molar-refractivity contribution in [1.82, 2.24) is 14.5 Å². The lowest BCUT2D eigenvalue weighted by Gasteiger charge is -2.14. The Hall–Kier alpha value is -1.78. The van der Waals surface area contributed by atoms with Crippen molar-refractivity contribution in [2.75, 3.05) is 14.1 Å². The maximum Gasteiger partial charge on any atom is 0.212 e. The van der Waals surface area contributed by atoms with E-state index in [0.717, 1.165) is 11.5 Å². The van der Waals surface area contributed by atoms with Gasteiger partial charge in [-0.25, -0.2) is 4.98 Å². The van der Waals surface area contributed by atoms with E-state index in [9.17, 15) is 4.79 Å². The number of Topliss-reactive ketones (excluding diaryl/α,β-unsaturated/α-hetero) is 1. The third-order valence-electron chi connectivity index (χ3n) is 3.05. The summed E-state index contributed by atoms with van der Waals surface area (Å²) in [5.74, 6) is 0.555. The fourth-order valence-electron chi connectivity index (χ4n) is 2.15. The summed E-state index contributed by atoms with van der Waals surface area (Å²) in [5.41, 5.74) is 1.73. The Bertz CT molecular complexity index is 748. The molecule has 1 heterocycles. The Kier molecular flexibility index (Phi) is 4.94. The highest BCUT2D eigenvalue weighted by Crippen LogP contribution is 2.25. The summed E-state index contributed by atoms with van der Waals surface area (Å²) < 4.78 is 1.77. The highest BCUT2D eigenvalue weighted by molar-refractivity contribution is 6.39. The highest BCUT2D eigenvalue weighted by atomic mass is 35.5. The Morgan fingerprint density at radius 2 is 1.95 bits per heavy atom. The van der Waals surface area contributed by atoms with E-state index < -0.39 is 0 Å². The van der Waals surface area contributed by atoms with Crippen LogP contribution < -0.4 is 0 Å². The van der Waals surface area contributed by atoms with Crippen LogP contribution in [0, 0.1) is 13.8 Å². The summed E-state index contributed by atoms with van der Waals surface area (Å²) in [4.78, 5) is 19.1.